The van der Waals surface area contributed by atoms with Crippen LogP contribution in [0.3, 0.4) is 0 Å². The Morgan fingerprint density at radius 2 is 2.15 bits per heavy atom. The second-order valence-corrected chi connectivity index (χ2v) is 3.78. The summed E-state index contributed by atoms with van der Waals surface area (Å²) < 4.78 is 0. The van der Waals surface area contributed by atoms with Crippen LogP contribution in [0, 0.1) is 0 Å². The molecule has 2 fully saturated rings. The number of rotatable bonds is 0. The van der Waals surface area contributed by atoms with Gasteiger partial charge in [-0.1, -0.05) is 0 Å². The van der Waals surface area contributed by atoms with Gasteiger partial charge < -0.3 is 5.32 Å². The van der Waals surface area contributed by atoms with Crippen molar-refractivity contribution < 1.29 is 9.59 Å². The van der Waals surface area contributed by atoms with Crippen molar-refractivity contribution in [2.45, 2.75) is 25.3 Å². The highest BCUT2D eigenvalue weighted by atomic mass is 16.2. The molecule has 2 saturated heterocycles. The summed E-state index contributed by atoms with van der Waals surface area (Å²) in [5, 5.41) is 2.74. The molecule has 2 atom stereocenters. The molecule has 2 unspecified atom stereocenters. The number of carbonyl (C=O) groups excluding carboxylic acids is 2. The Hall–Kier alpha value is -0.900. The lowest BCUT2D eigenvalue weighted by Crippen LogP contribution is -2.57. The summed E-state index contributed by atoms with van der Waals surface area (Å²) in [4.78, 5) is 24.7. The van der Waals surface area contributed by atoms with E-state index in [4.69, 9.17) is 0 Å². The molecule has 72 valence electrons. The predicted octanol–water partition coefficient (Wildman–Crippen LogP) is -0.460. The molecule has 0 aromatic heterocycles. The largest absolute Gasteiger partial charge is 0.344 e. The monoisotopic (exact) mass is 182 g/mol. The van der Waals surface area contributed by atoms with Gasteiger partial charge >= 0.3 is 0 Å². The van der Waals surface area contributed by atoms with Gasteiger partial charge in [-0.05, 0) is 19.4 Å². The first kappa shape index (κ1) is 8.69. The molecule has 1 N–H and O–H groups in total. The van der Waals surface area contributed by atoms with Crippen LogP contribution in [0.5, 0.6) is 0 Å². The summed E-state index contributed by atoms with van der Waals surface area (Å²) in [6.45, 7) is 2.13. The number of carbonyl (C=O) groups is 2. The minimum atomic E-state index is -0.235. The van der Waals surface area contributed by atoms with Gasteiger partial charge in [-0.15, -0.1) is 0 Å². The van der Waals surface area contributed by atoms with E-state index in [1.807, 2.05) is 0 Å². The SMILES string of the molecule is O=C1CN2CCCCC(=O)C(C2)N1. The number of ketones is 1. The molecule has 2 aliphatic heterocycles. The van der Waals surface area contributed by atoms with Crippen LogP contribution in [0.2, 0.25) is 0 Å². The number of amides is 1. The summed E-state index contributed by atoms with van der Waals surface area (Å²) in [5.41, 5.74) is 0. The molecule has 0 aromatic carbocycles. The van der Waals surface area contributed by atoms with E-state index < -0.39 is 0 Å². The van der Waals surface area contributed by atoms with Crippen molar-refractivity contribution in [2.75, 3.05) is 19.6 Å². The zero-order chi connectivity index (χ0) is 9.26. The lowest BCUT2D eigenvalue weighted by Gasteiger charge is -2.33. The maximum atomic E-state index is 11.5. The number of fused-ring (bicyclic) bond motifs is 2. The third-order valence-corrected chi connectivity index (χ3v) is 2.68. The number of Topliss-reactive ketones (excluding diaryl/α,β-unsaturated/α-hetero) is 1. The van der Waals surface area contributed by atoms with Crippen molar-refractivity contribution >= 4 is 11.7 Å². The highest BCUT2D eigenvalue weighted by Gasteiger charge is 2.30. The molecule has 0 radical (unpaired) electrons. The molecular formula is C9H14N2O2. The normalized spacial score (nSPS) is 34.8. The van der Waals surface area contributed by atoms with Crippen LogP contribution < -0.4 is 5.32 Å². The summed E-state index contributed by atoms with van der Waals surface area (Å²) in [7, 11) is 0. The second-order valence-electron chi connectivity index (χ2n) is 3.78. The van der Waals surface area contributed by atoms with Gasteiger partial charge in [0, 0.05) is 13.0 Å². The van der Waals surface area contributed by atoms with E-state index in [0.717, 1.165) is 19.4 Å². The van der Waals surface area contributed by atoms with E-state index >= 15 is 0 Å². The first-order chi connectivity index (χ1) is 6.25. The van der Waals surface area contributed by atoms with Crippen molar-refractivity contribution in [3.63, 3.8) is 0 Å². The summed E-state index contributed by atoms with van der Waals surface area (Å²) >= 11 is 0. The first-order valence-electron chi connectivity index (χ1n) is 4.80. The average Bonchev–Trinajstić information content (AvgIpc) is 2.09. The molecule has 13 heavy (non-hydrogen) atoms. The number of hydrogen-bond donors (Lipinski definition) is 1. The maximum absolute atomic E-state index is 11.5. The van der Waals surface area contributed by atoms with E-state index in [2.05, 4.69) is 10.2 Å². The molecule has 2 heterocycles. The van der Waals surface area contributed by atoms with Crippen LogP contribution in [-0.4, -0.2) is 42.3 Å². The molecule has 0 aromatic rings. The molecule has 2 aliphatic rings. The van der Waals surface area contributed by atoms with Gasteiger partial charge in [0.15, 0.2) is 5.78 Å². The molecule has 1 amide bonds. The van der Waals surface area contributed by atoms with Crippen molar-refractivity contribution in [1.29, 1.82) is 0 Å². The minimum Gasteiger partial charge on any atom is -0.344 e. The van der Waals surface area contributed by atoms with Crippen LogP contribution in [0.1, 0.15) is 19.3 Å². The van der Waals surface area contributed by atoms with E-state index in [0.29, 0.717) is 19.5 Å². The summed E-state index contributed by atoms with van der Waals surface area (Å²) in [5.74, 6) is 0.184. The highest BCUT2D eigenvalue weighted by molar-refractivity contribution is 5.91. The number of hydrogen-bond acceptors (Lipinski definition) is 3. The predicted molar refractivity (Wildman–Crippen MR) is 47.2 cm³/mol. The van der Waals surface area contributed by atoms with Gasteiger partial charge in [0.1, 0.15) is 6.04 Å². The molecule has 0 saturated carbocycles. The Labute approximate surface area is 77.3 Å². The maximum Gasteiger partial charge on any atom is 0.234 e. The standard InChI is InChI=1S/C9H14N2O2/c12-8-3-1-2-4-11-5-7(8)10-9(13)6-11/h7H,1-6H2,(H,10,13). The van der Waals surface area contributed by atoms with Crippen LogP contribution in [0.4, 0.5) is 0 Å². The molecule has 2 rings (SSSR count). The molecule has 2 bridgehead atoms. The Bertz CT molecular complexity index is 240. The van der Waals surface area contributed by atoms with Gasteiger partial charge in [0.2, 0.25) is 5.91 Å². The summed E-state index contributed by atoms with van der Waals surface area (Å²) in [6, 6.07) is -0.235. The van der Waals surface area contributed by atoms with Crippen LogP contribution in [0.15, 0.2) is 0 Å². The molecule has 0 aliphatic carbocycles. The smallest absolute Gasteiger partial charge is 0.234 e. The second kappa shape index (κ2) is 3.46. The Kier molecular flexibility index (Phi) is 2.31. The van der Waals surface area contributed by atoms with E-state index in [1.165, 1.54) is 0 Å². The Morgan fingerprint density at radius 1 is 1.31 bits per heavy atom. The topological polar surface area (TPSA) is 49.4 Å². The van der Waals surface area contributed by atoms with Gasteiger partial charge in [-0.3, -0.25) is 14.5 Å². The number of nitrogens with one attached hydrogen (secondary N) is 1. The zero-order valence-corrected chi connectivity index (χ0v) is 7.58. The summed E-state index contributed by atoms with van der Waals surface area (Å²) in [6.07, 6.45) is 2.62. The minimum absolute atomic E-state index is 0.00787. The third kappa shape index (κ3) is 1.88. The Balaban J connectivity index is 2.09. The molecule has 4 nitrogen and oxygen atoms in total. The fourth-order valence-electron chi connectivity index (χ4n) is 1.97. The molecule has 4 heteroatoms. The Morgan fingerprint density at radius 3 is 3.00 bits per heavy atom. The average molecular weight is 182 g/mol. The fraction of sp³-hybridized carbons (Fsp3) is 0.778. The quantitative estimate of drug-likeness (QED) is 0.551. The van der Waals surface area contributed by atoms with Gasteiger partial charge in [0.05, 0.1) is 6.54 Å². The molecular weight excluding hydrogens is 168 g/mol. The van der Waals surface area contributed by atoms with E-state index in [9.17, 15) is 9.59 Å². The van der Waals surface area contributed by atoms with Crippen LogP contribution >= 0.6 is 0 Å². The van der Waals surface area contributed by atoms with E-state index in [1.54, 1.807) is 0 Å². The third-order valence-electron chi connectivity index (χ3n) is 2.68. The number of piperazine rings is 1. The van der Waals surface area contributed by atoms with Gasteiger partial charge in [0.25, 0.3) is 0 Å². The lowest BCUT2D eigenvalue weighted by atomic mass is 10.0. The lowest BCUT2D eigenvalue weighted by molar-refractivity contribution is -0.133. The van der Waals surface area contributed by atoms with Crippen molar-refractivity contribution in [3.8, 4) is 0 Å². The zero-order valence-electron chi connectivity index (χ0n) is 7.58. The highest BCUT2D eigenvalue weighted by Crippen LogP contribution is 2.11. The van der Waals surface area contributed by atoms with Crippen molar-refractivity contribution in [2.24, 2.45) is 0 Å². The van der Waals surface area contributed by atoms with E-state index in [-0.39, 0.29) is 17.7 Å². The number of nitrogens with zero attached hydrogens (tertiary/aromatic N) is 1. The fourth-order valence-corrected chi connectivity index (χ4v) is 1.97. The molecule has 0 spiro atoms. The van der Waals surface area contributed by atoms with Crippen molar-refractivity contribution in [3.05, 3.63) is 0 Å². The first-order valence-corrected chi connectivity index (χ1v) is 4.80. The van der Waals surface area contributed by atoms with Crippen molar-refractivity contribution in [1.82, 2.24) is 10.2 Å². The van der Waals surface area contributed by atoms with Crippen LogP contribution in [-0.2, 0) is 9.59 Å². The van der Waals surface area contributed by atoms with Gasteiger partial charge in [-0.25, -0.2) is 0 Å². The van der Waals surface area contributed by atoms with Crippen LogP contribution in [0.25, 0.3) is 0 Å². The van der Waals surface area contributed by atoms with Gasteiger partial charge in [-0.2, -0.15) is 0 Å².